The maximum atomic E-state index is 11.0. The van der Waals surface area contributed by atoms with Gasteiger partial charge in [0.15, 0.2) is 0 Å². The minimum atomic E-state index is -0.300. The van der Waals surface area contributed by atoms with Crippen LogP contribution in [0.5, 0.6) is 0 Å². The summed E-state index contributed by atoms with van der Waals surface area (Å²) >= 11 is 5.46. The number of rotatable bonds is 3. The van der Waals surface area contributed by atoms with E-state index in [-0.39, 0.29) is 11.2 Å². The quantitative estimate of drug-likeness (QED) is 0.696. The topological polar surface area (TPSA) is 17.1 Å². The zero-order valence-corrected chi connectivity index (χ0v) is 9.51. The lowest BCUT2D eigenvalue weighted by Crippen LogP contribution is -2.02. The predicted octanol–water partition coefficient (Wildman–Crippen LogP) is 3.68. The van der Waals surface area contributed by atoms with Crippen molar-refractivity contribution in [3.63, 3.8) is 0 Å². The maximum Gasteiger partial charge on any atom is 0.228 e. The SMILES string of the molecule is CC(C)c1cccc([C@@H](C)C(=O)Cl)c1. The molecule has 0 spiro atoms. The summed E-state index contributed by atoms with van der Waals surface area (Å²) in [4.78, 5) is 11.0. The maximum absolute atomic E-state index is 11.0. The molecule has 1 aromatic rings. The molecule has 0 amide bonds. The van der Waals surface area contributed by atoms with E-state index >= 15 is 0 Å². The molecule has 14 heavy (non-hydrogen) atoms. The Bertz CT molecular complexity index is 331. The van der Waals surface area contributed by atoms with Crippen molar-refractivity contribution in [1.29, 1.82) is 0 Å². The number of hydrogen-bond acceptors (Lipinski definition) is 1. The first-order chi connectivity index (χ1) is 6.52. The normalized spacial score (nSPS) is 12.9. The van der Waals surface area contributed by atoms with E-state index in [4.69, 9.17) is 11.6 Å². The van der Waals surface area contributed by atoms with Crippen LogP contribution >= 0.6 is 11.6 Å². The van der Waals surface area contributed by atoms with Crippen molar-refractivity contribution in [3.8, 4) is 0 Å². The summed E-state index contributed by atoms with van der Waals surface area (Å²) in [5.74, 6) is 0.267. The molecule has 0 saturated carbocycles. The van der Waals surface area contributed by atoms with Gasteiger partial charge in [-0.3, -0.25) is 4.79 Å². The number of carbonyl (C=O) groups is 1. The molecule has 0 aliphatic rings. The summed E-state index contributed by atoms with van der Waals surface area (Å²) < 4.78 is 0. The van der Waals surface area contributed by atoms with Crippen molar-refractivity contribution in [2.75, 3.05) is 0 Å². The van der Waals surface area contributed by atoms with Gasteiger partial charge in [0.05, 0.1) is 5.92 Å². The monoisotopic (exact) mass is 210 g/mol. The summed E-state index contributed by atoms with van der Waals surface area (Å²) in [6, 6.07) is 8.03. The van der Waals surface area contributed by atoms with Crippen LogP contribution < -0.4 is 0 Å². The van der Waals surface area contributed by atoms with E-state index in [2.05, 4.69) is 26.0 Å². The first-order valence-corrected chi connectivity index (χ1v) is 5.19. The van der Waals surface area contributed by atoms with E-state index < -0.39 is 0 Å². The molecule has 0 saturated heterocycles. The molecule has 76 valence electrons. The largest absolute Gasteiger partial charge is 0.281 e. The molecule has 0 heterocycles. The molecule has 1 atom stereocenters. The summed E-state index contributed by atoms with van der Waals surface area (Å²) in [5.41, 5.74) is 2.24. The minimum absolute atomic E-state index is 0.213. The Kier molecular flexibility index (Phi) is 3.70. The van der Waals surface area contributed by atoms with Crippen molar-refractivity contribution in [3.05, 3.63) is 35.4 Å². The molecule has 0 aliphatic carbocycles. The van der Waals surface area contributed by atoms with Gasteiger partial charge in [0, 0.05) is 0 Å². The fraction of sp³-hybridized carbons (Fsp3) is 0.417. The van der Waals surface area contributed by atoms with Crippen molar-refractivity contribution < 1.29 is 4.79 Å². The van der Waals surface area contributed by atoms with Gasteiger partial charge in [-0.05, 0) is 28.6 Å². The fourth-order valence-electron chi connectivity index (χ4n) is 1.32. The third-order valence-corrected chi connectivity index (χ3v) is 2.75. The van der Waals surface area contributed by atoms with Crippen LogP contribution in [0.2, 0.25) is 0 Å². The van der Waals surface area contributed by atoms with Crippen LogP contribution in [0.1, 0.15) is 43.7 Å². The van der Waals surface area contributed by atoms with Gasteiger partial charge >= 0.3 is 0 Å². The van der Waals surface area contributed by atoms with Crippen LogP contribution in [0.15, 0.2) is 24.3 Å². The van der Waals surface area contributed by atoms with Crippen LogP contribution in [0.4, 0.5) is 0 Å². The van der Waals surface area contributed by atoms with Crippen LogP contribution in [0.3, 0.4) is 0 Å². The average Bonchev–Trinajstić information content (AvgIpc) is 2.16. The van der Waals surface area contributed by atoms with Gasteiger partial charge in [-0.15, -0.1) is 0 Å². The third-order valence-electron chi connectivity index (χ3n) is 2.42. The molecular formula is C12H15ClO. The first-order valence-electron chi connectivity index (χ1n) is 4.81. The first kappa shape index (κ1) is 11.3. The smallest absolute Gasteiger partial charge is 0.228 e. The van der Waals surface area contributed by atoms with Crippen molar-refractivity contribution in [1.82, 2.24) is 0 Å². The van der Waals surface area contributed by atoms with E-state index in [1.54, 1.807) is 0 Å². The molecule has 0 fully saturated rings. The molecule has 0 aliphatic heterocycles. The Morgan fingerprint density at radius 3 is 2.29 bits per heavy atom. The lowest BCUT2D eigenvalue weighted by atomic mass is 9.96. The van der Waals surface area contributed by atoms with E-state index in [0.717, 1.165) is 5.56 Å². The molecule has 1 rings (SSSR count). The van der Waals surface area contributed by atoms with Crippen LogP contribution in [0, 0.1) is 0 Å². The Balaban J connectivity index is 2.99. The van der Waals surface area contributed by atoms with Gasteiger partial charge in [-0.25, -0.2) is 0 Å². The van der Waals surface area contributed by atoms with Crippen molar-refractivity contribution in [2.45, 2.75) is 32.6 Å². The van der Waals surface area contributed by atoms with Gasteiger partial charge in [0.25, 0.3) is 0 Å². The van der Waals surface area contributed by atoms with Gasteiger partial charge in [0.2, 0.25) is 5.24 Å². The van der Waals surface area contributed by atoms with Gasteiger partial charge < -0.3 is 0 Å². The number of hydrogen-bond donors (Lipinski definition) is 0. The van der Waals surface area contributed by atoms with Gasteiger partial charge in [-0.2, -0.15) is 0 Å². The molecular weight excluding hydrogens is 196 g/mol. The Labute approximate surface area is 90.1 Å². The highest BCUT2D eigenvalue weighted by atomic mass is 35.5. The molecule has 0 radical (unpaired) electrons. The zero-order valence-electron chi connectivity index (χ0n) is 8.75. The Hall–Kier alpha value is -0.820. The molecule has 0 N–H and O–H groups in total. The average molecular weight is 211 g/mol. The second-order valence-electron chi connectivity index (χ2n) is 3.85. The van der Waals surface area contributed by atoms with Crippen molar-refractivity contribution >= 4 is 16.8 Å². The van der Waals surface area contributed by atoms with Crippen LogP contribution in [-0.2, 0) is 4.79 Å². The highest BCUT2D eigenvalue weighted by molar-refractivity contribution is 6.64. The second-order valence-corrected chi connectivity index (χ2v) is 4.22. The number of carbonyl (C=O) groups excluding carboxylic acids is 1. The van der Waals surface area contributed by atoms with E-state index in [0.29, 0.717) is 5.92 Å². The molecule has 2 heteroatoms. The molecule has 0 unspecified atom stereocenters. The summed E-state index contributed by atoms with van der Waals surface area (Å²) in [6.45, 7) is 6.09. The van der Waals surface area contributed by atoms with Crippen LogP contribution in [0.25, 0.3) is 0 Å². The number of benzene rings is 1. The summed E-state index contributed by atoms with van der Waals surface area (Å²) in [7, 11) is 0. The van der Waals surface area contributed by atoms with Gasteiger partial charge in [-0.1, -0.05) is 45.0 Å². The van der Waals surface area contributed by atoms with E-state index in [9.17, 15) is 4.79 Å². The van der Waals surface area contributed by atoms with Crippen LogP contribution in [-0.4, -0.2) is 5.24 Å². The molecule has 1 nitrogen and oxygen atoms in total. The fourth-order valence-corrected chi connectivity index (χ4v) is 1.44. The van der Waals surface area contributed by atoms with Gasteiger partial charge in [0.1, 0.15) is 0 Å². The molecule has 1 aromatic carbocycles. The second kappa shape index (κ2) is 4.61. The molecule has 0 bridgehead atoms. The van der Waals surface area contributed by atoms with Crippen molar-refractivity contribution in [2.24, 2.45) is 0 Å². The lowest BCUT2D eigenvalue weighted by molar-refractivity contribution is -0.112. The summed E-state index contributed by atoms with van der Waals surface area (Å²) in [5, 5.41) is -0.300. The third kappa shape index (κ3) is 2.58. The predicted molar refractivity (Wildman–Crippen MR) is 59.8 cm³/mol. The Morgan fingerprint density at radius 1 is 1.21 bits per heavy atom. The zero-order chi connectivity index (χ0) is 10.7. The van der Waals surface area contributed by atoms with E-state index in [1.807, 2.05) is 19.1 Å². The standard InChI is InChI=1S/C12H15ClO/c1-8(2)10-5-4-6-11(7-10)9(3)12(13)14/h4-9H,1-3H3/t9-/m1/s1. The Morgan fingerprint density at radius 2 is 1.79 bits per heavy atom. The highest BCUT2D eigenvalue weighted by Crippen LogP contribution is 2.22. The molecule has 0 aromatic heterocycles. The minimum Gasteiger partial charge on any atom is -0.281 e. The number of halogens is 1. The summed E-state index contributed by atoms with van der Waals surface area (Å²) in [6.07, 6.45) is 0. The highest BCUT2D eigenvalue weighted by Gasteiger charge is 2.13. The van der Waals surface area contributed by atoms with E-state index in [1.165, 1.54) is 5.56 Å². The lowest BCUT2D eigenvalue weighted by Gasteiger charge is -2.10.